The van der Waals surface area contributed by atoms with Crippen LogP contribution in [0.1, 0.15) is 23.1 Å². The molecule has 1 aromatic carbocycles. The van der Waals surface area contributed by atoms with Crippen LogP contribution in [0.2, 0.25) is 0 Å². The fraction of sp³-hybridized carbons (Fsp3) is 0.133. The molecule has 0 spiro atoms. The third-order valence-electron chi connectivity index (χ3n) is 3.29. The molecule has 0 radical (unpaired) electrons. The van der Waals surface area contributed by atoms with Gasteiger partial charge in [0.25, 0.3) is 0 Å². The first-order chi connectivity index (χ1) is 9.56. The molecule has 0 saturated carbocycles. The number of aryl methyl sites for hydroxylation is 1. The molecule has 0 amide bonds. The summed E-state index contributed by atoms with van der Waals surface area (Å²) in [5, 5.41) is 1.01. The van der Waals surface area contributed by atoms with E-state index in [2.05, 4.69) is 20.9 Å². The molecule has 3 nitrogen and oxygen atoms in total. The number of halogens is 2. The minimum Gasteiger partial charge on any atom is -0.459 e. The summed E-state index contributed by atoms with van der Waals surface area (Å²) in [7, 11) is 0. The van der Waals surface area contributed by atoms with Gasteiger partial charge in [0.15, 0.2) is 0 Å². The van der Waals surface area contributed by atoms with Gasteiger partial charge in [0.05, 0.1) is 11.9 Å². The van der Waals surface area contributed by atoms with Crippen molar-refractivity contribution >= 4 is 26.9 Å². The maximum atomic E-state index is 12.9. The number of pyridine rings is 1. The summed E-state index contributed by atoms with van der Waals surface area (Å²) in [6, 6.07) is 8.24. The van der Waals surface area contributed by atoms with Crippen LogP contribution < -0.4 is 5.73 Å². The molecule has 0 bridgehead atoms. The van der Waals surface area contributed by atoms with Crippen LogP contribution in [0, 0.1) is 12.7 Å². The highest BCUT2D eigenvalue weighted by molar-refractivity contribution is 9.10. The Morgan fingerprint density at radius 1 is 1.30 bits per heavy atom. The third kappa shape index (κ3) is 2.23. The smallest absolute Gasteiger partial charge is 0.141 e. The zero-order chi connectivity index (χ0) is 14.3. The van der Waals surface area contributed by atoms with Crippen LogP contribution in [0.25, 0.3) is 11.0 Å². The number of rotatable bonds is 2. The Kier molecular flexibility index (Phi) is 3.31. The number of fused-ring (bicyclic) bond motifs is 1. The van der Waals surface area contributed by atoms with Crippen molar-refractivity contribution in [1.82, 2.24) is 4.98 Å². The number of benzene rings is 1. The number of nitrogens with zero attached hydrogens (tertiary/aromatic N) is 1. The van der Waals surface area contributed by atoms with Gasteiger partial charge in [-0.25, -0.2) is 4.39 Å². The standard InChI is InChI=1S/C15H12BrFN2O/c1-8-11-4-2-9(16)6-13(11)20-15(8)14(18)12-5-3-10(17)7-19-12/h2-7,14H,18H2,1H3. The molecule has 2 heterocycles. The summed E-state index contributed by atoms with van der Waals surface area (Å²) in [6.07, 6.45) is 1.16. The molecule has 0 aliphatic rings. The van der Waals surface area contributed by atoms with Crippen molar-refractivity contribution in [3.05, 3.63) is 63.8 Å². The normalized spacial score (nSPS) is 12.8. The van der Waals surface area contributed by atoms with Gasteiger partial charge in [0, 0.05) is 15.4 Å². The predicted molar refractivity (Wildman–Crippen MR) is 78.9 cm³/mol. The Morgan fingerprint density at radius 2 is 2.10 bits per heavy atom. The molecule has 102 valence electrons. The lowest BCUT2D eigenvalue weighted by Crippen LogP contribution is -2.13. The lowest BCUT2D eigenvalue weighted by atomic mass is 10.1. The van der Waals surface area contributed by atoms with E-state index >= 15 is 0 Å². The van der Waals surface area contributed by atoms with Crippen molar-refractivity contribution in [3.63, 3.8) is 0 Å². The van der Waals surface area contributed by atoms with E-state index < -0.39 is 6.04 Å². The zero-order valence-corrected chi connectivity index (χ0v) is 12.3. The van der Waals surface area contributed by atoms with Crippen LogP contribution >= 0.6 is 15.9 Å². The molecule has 0 aliphatic carbocycles. The summed E-state index contributed by atoms with van der Waals surface area (Å²) < 4.78 is 19.7. The second-order valence-corrected chi connectivity index (χ2v) is 5.53. The summed E-state index contributed by atoms with van der Waals surface area (Å²) in [5.74, 6) is 0.267. The molecule has 0 aliphatic heterocycles. The Labute approximate surface area is 123 Å². The second kappa shape index (κ2) is 5.00. The Bertz CT molecular complexity index is 767. The molecule has 5 heteroatoms. The fourth-order valence-electron chi connectivity index (χ4n) is 2.22. The van der Waals surface area contributed by atoms with E-state index in [-0.39, 0.29) is 5.82 Å². The van der Waals surface area contributed by atoms with Crippen LogP contribution in [-0.4, -0.2) is 4.98 Å². The Balaban J connectivity index is 2.09. The van der Waals surface area contributed by atoms with Crippen LogP contribution in [-0.2, 0) is 0 Å². The summed E-state index contributed by atoms with van der Waals surface area (Å²) >= 11 is 3.41. The van der Waals surface area contributed by atoms with Crippen LogP contribution in [0.4, 0.5) is 4.39 Å². The Morgan fingerprint density at radius 3 is 2.80 bits per heavy atom. The van der Waals surface area contributed by atoms with Crippen molar-refractivity contribution in [3.8, 4) is 0 Å². The largest absolute Gasteiger partial charge is 0.459 e. The summed E-state index contributed by atoms with van der Waals surface area (Å²) in [4.78, 5) is 4.01. The lowest BCUT2D eigenvalue weighted by molar-refractivity contribution is 0.515. The van der Waals surface area contributed by atoms with Gasteiger partial charge in [-0.2, -0.15) is 0 Å². The van der Waals surface area contributed by atoms with Gasteiger partial charge in [-0.1, -0.05) is 15.9 Å². The number of hydrogen-bond acceptors (Lipinski definition) is 3. The average molecular weight is 335 g/mol. The van der Waals surface area contributed by atoms with E-state index in [0.717, 1.165) is 27.2 Å². The molecule has 3 aromatic rings. The van der Waals surface area contributed by atoms with Gasteiger partial charge in [-0.3, -0.25) is 4.98 Å². The maximum Gasteiger partial charge on any atom is 0.141 e. The highest BCUT2D eigenvalue weighted by atomic mass is 79.9. The molecular weight excluding hydrogens is 323 g/mol. The summed E-state index contributed by atoms with van der Waals surface area (Å²) in [5.41, 5.74) is 8.50. The molecule has 0 saturated heterocycles. The topological polar surface area (TPSA) is 52.0 Å². The molecule has 1 atom stereocenters. The van der Waals surface area contributed by atoms with E-state index in [1.165, 1.54) is 6.07 Å². The first kappa shape index (κ1) is 13.3. The van der Waals surface area contributed by atoms with Gasteiger partial charge < -0.3 is 10.2 Å². The third-order valence-corrected chi connectivity index (χ3v) is 3.78. The molecule has 0 fully saturated rings. The molecule has 1 unspecified atom stereocenters. The van der Waals surface area contributed by atoms with E-state index in [1.807, 2.05) is 25.1 Å². The monoisotopic (exact) mass is 334 g/mol. The van der Waals surface area contributed by atoms with Crippen molar-refractivity contribution < 1.29 is 8.81 Å². The van der Waals surface area contributed by atoms with Gasteiger partial charge in [-0.05, 0) is 37.3 Å². The number of hydrogen-bond donors (Lipinski definition) is 1. The van der Waals surface area contributed by atoms with Crippen LogP contribution in [0.15, 0.2) is 45.4 Å². The lowest BCUT2D eigenvalue weighted by Gasteiger charge is -2.09. The minimum atomic E-state index is -0.512. The molecule has 20 heavy (non-hydrogen) atoms. The Hall–Kier alpha value is -1.72. The zero-order valence-electron chi connectivity index (χ0n) is 10.7. The fourth-order valence-corrected chi connectivity index (χ4v) is 2.56. The number of nitrogens with two attached hydrogens (primary N) is 1. The first-order valence-electron chi connectivity index (χ1n) is 6.12. The first-order valence-corrected chi connectivity index (χ1v) is 6.91. The molecule has 2 N–H and O–H groups in total. The van der Waals surface area contributed by atoms with Gasteiger partial charge in [0.2, 0.25) is 0 Å². The van der Waals surface area contributed by atoms with Gasteiger partial charge >= 0.3 is 0 Å². The molecule has 2 aromatic heterocycles. The van der Waals surface area contributed by atoms with Crippen LogP contribution in [0.5, 0.6) is 0 Å². The van der Waals surface area contributed by atoms with Crippen molar-refractivity contribution in [2.45, 2.75) is 13.0 Å². The van der Waals surface area contributed by atoms with Crippen molar-refractivity contribution in [2.24, 2.45) is 5.73 Å². The average Bonchev–Trinajstić information content (AvgIpc) is 2.75. The predicted octanol–water partition coefficient (Wildman–Crippen LogP) is 4.09. The number of furan rings is 1. The number of aromatic nitrogens is 1. The minimum absolute atomic E-state index is 0.383. The van der Waals surface area contributed by atoms with E-state index in [0.29, 0.717) is 11.5 Å². The van der Waals surface area contributed by atoms with Gasteiger partial charge in [-0.15, -0.1) is 0 Å². The molecular formula is C15H12BrFN2O. The highest BCUT2D eigenvalue weighted by Crippen LogP contribution is 2.32. The van der Waals surface area contributed by atoms with Crippen LogP contribution in [0.3, 0.4) is 0 Å². The highest BCUT2D eigenvalue weighted by Gasteiger charge is 2.19. The second-order valence-electron chi connectivity index (χ2n) is 4.61. The van der Waals surface area contributed by atoms with E-state index in [9.17, 15) is 4.39 Å². The SMILES string of the molecule is Cc1c(C(N)c2ccc(F)cn2)oc2cc(Br)ccc12. The van der Waals surface area contributed by atoms with E-state index in [4.69, 9.17) is 10.2 Å². The molecule has 3 rings (SSSR count). The quantitative estimate of drug-likeness (QED) is 0.768. The maximum absolute atomic E-state index is 12.9. The summed E-state index contributed by atoms with van der Waals surface area (Å²) in [6.45, 7) is 1.96. The van der Waals surface area contributed by atoms with Crippen molar-refractivity contribution in [2.75, 3.05) is 0 Å². The van der Waals surface area contributed by atoms with Gasteiger partial charge in [0.1, 0.15) is 23.2 Å². The van der Waals surface area contributed by atoms with E-state index in [1.54, 1.807) is 6.07 Å². The van der Waals surface area contributed by atoms with Crippen molar-refractivity contribution in [1.29, 1.82) is 0 Å².